The van der Waals surface area contributed by atoms with E-state index in [0.29, 0.717) is 16.5 Å². The second-order valence-electron chi connectivity index (χ2n) is 4.24. The fourth-order valence-corrected chi connectivity index (χ4v) is 2.41. The molecule has 0 saturated heterocycles. The molecule has 0 fully saturated rings. The summed E-state index contributed by atoms with van der Waals surface area (Å²) in [4.78, 5) is 16.0. The molecule has 0 saturated carbocycles. The van der Waals surface area contributed by atoms with E-state index in [2.05, 4.69) is 10.3 Å². The first kappa shape index (κ1) is 13.2. The molecule has 0 radical (unpaired) electrons. The lowest BCUT2D eigenvalue weighted by atomic mass is 9.83. The zero-order valence-electron chi connectivity index (χ0n) is 9.84. The van der Waals surface area contributed by atoms with Crippen molar-refractivity contribution in [3.63, 3.8) is 0 Å². The van der Waals surface area contributed by atoms with Gasteiger partial charge in [-0.2, -0.15) is 0 Å². The standard InChI is InChI=1S/C12H13Cl2N3O/c1-2-12(6-10(18)16-11(15)17-12)7-3-4-8(13)9(14)5-7/h3-5H,2,6H2,1H3,(H3,15,16,17,18). The molecule has 1 aromatic rings. The van der Waals surface area contributed by atoms with Crippen LogP contribution in [0.4, 0.5) is 0 Å². The maximum atomic E-state index is 11.6. The van der Waals surface area contributed by atoms with Crippen LogP contribution in [0, 0.1) is 0 Å². The van der Waals surface area contributed by atoms with E-state index in [1.807, 2.05) is 13.0 Å². The summed E-state index contributed by atoms with van der Waals surface area (Å²) in [5.74, 6) is -0.00500. The van der Waals surface area contributed by atoms with Gasteiger partial charge in [-0.15, -0.1) is 0 Å². The SMILES string of the molecule is CCC1(c2ccc(Cl)c(Cl)c2)CC(=O)NC(N)=N1. The summed E-state index contributed by atoms with van der Waals surface area (Å²) in [6.45, 7) is 1.96. The van der Waals surface area contributed by atoms with Crippen LogP contribution < -0.4 is 11.1 Å². The van der Waals surface area contributed by atoms with Gasteiger partial charge in [-0.1, -0.05) is 36.2 Å². The molecule has 2 rings (SSSR count). The molecule has 4 nitrogen and oxygen atoms in total. The Morgan fingerprint density at radius 3 is 2.72 bits per heavy atom. The first-order valence-corrected chi connectivity index (χ1v) is 6.33. The molecule has 1 unspecified atom stereocenters. The number of rotatable bonds is 2. The number of carbonyl (C=O) groups is 1. The second kappa shape index (κ2) is 4.78. The number of hydrogen-bond donors (Lipinski definition) is 2. The summed E-state index contributed by atoms with van der Waals surface area (Å²) in [6, 6.07) is 5.27. The van der Waals surface area contributed by atoms with E-state index in [-0.39, 0.29) is 18.3 Å². The van der Waals surface area contributed by atoms with Crippen LogP contribution in [0.2, 0.25) is 10.0 Å². The number of benzene rings is 1. The molecule has 0 aliphatic carbocycles. The van der Waals surface area contributed by atoms with Crippen LogP contribution in [0.5, 0.6) is 0 Å². The molecule has 6 heteroatoms. The highest BCUT2D eigenvalue weighted by Gasteiger charge is 2.36. The molecule has 1 aliphatic rings. The van der Waals surface area contributed by atoms with Crippen molar-refractivity contribution in [1.82, 2.24) is 5.32 Å². The van der Waals surface area contributed by atoms with Crippen LogP contribution >= 0.6 is 23.2 Å². The molecule has 3 N–H and O–H groups in total. The number of carbonyl (C=O) groups excluding carboxylic acids is 1. The fraction of sp³-hybridized carbons (Fsp3) is 0.333. The zero-order chi connectivity index (χ0) is 13.3. The van der Waals surface area contributed by atoms with Crippen LogP contribution in [-0.4, -0.2) is 11.9 Å². The quantitative estimate of drug-likeness (QED) is 0.876. The molecule has 0 aromatic heterocycles. The Hall–Kier alpha value is -1.26. The Morgan fingerprint density at radius 2 is 2.17 bits per heavy atom. The normalized spacial score (nSPS) is 23.5. The maximum absolute atomic E-state index is 11.6. The smallest absolute Gasteiger partial charge is 0.229 e. The number of amides is 1. The largest absolute Gasteiger partial charge is 0.370 e. The summed E-state index contributed by atoms with van der Waals surface area (Å²) >= 11 is 11.9. The lowest BCUT2D eigenvalue weighted by molar-refractivity contribution is -0.121. The van der Waals surface area contributed by atoms with Crippen molar-refractivity contribution in [2.24, 2.45) is 10.7 Å². The van der Waals surface area contributed by atoms with Gasteiger partial charge in [0.1, 0.15) is 0 Å². The number of aliphatic imine (C=N–C) groups is 1. The van der Waals surface area contributed by atoms with Crippen molar-refractivity contribution in [3.8, 4) is 0 Å². The average Bonchev–Trinajstić information content (AvgIpc) is 2.31. The molecule has 1 amide bonds. The Bertz CT molecular complexity index is 530. The Balaban J connectivity index is 2.52. The van der Waals surface area contributed by atoms with Crippen LogP contribution in [0.15, 0.2) is 23.2 Å². The topological polar surface area (TPSA) is 67.5 Å². The Kier molecular flexibility index (Phi) is 3.50. The number of halogens is 2. The van der Waals surface area contributed by atoms with E-state index in [1.165, 1.54) is 0 Å². The van der Waals surface area contributed by atoms with Crippen molar-refractivity contribution in [2.45, 2.75) is 25.3 Å². The summed E-state index contributed by atoms with van der Waals surface area (Å²) in [5, 5.41) is 3.42. The summed E-state index contributed by atoms with van der Waals surface area (Å²) in [5.41, 5.74) is 5.83. The highest BCUT2D eigenvalue weighted by Crippen LogP contribution is 2.37. The molecule has 96 valence electrons. The predicted molar refractivity (Wildman–Crippen MR) is 72.8 cm³/mol. The zero-order valence-corrected chi connectivity index (χ0v) is 11.3. The minimum absolute atomic E-state index is 0.138. The fourth-order valence-electron chi connectivity index (χ4n) is 2.11. The van der Waals surface area contributed by atoms with E-state index in [1.54, 1.807) is 12.1 Å². The van der Waals surface area contributed by atoms with Gasteiger partial charge in [-0.05, 0) is 24.1 Å². The molecular weight excluding hydrogens is 273 g/mol. The molecule has 1 aromatic carbocycles. The van der Waals surface area contributed by atoms with E-state index in [4.69, 9.17) is 28.9 Å². The van der Waals surface area contributed by atoms with Gasteiger partial charge >= 0.3 is 0 Å². The molecule has 18 heavy (non-hydrogen) atoms. The number of guanidine groups is 1. The molecule has 0 spiro atoms. The lowest BCUT2D eigenvalue weighted by Gasteiger charge is -2.32. The molecule has 1 aliphatic heterocycles. The molecule has 1 heterocycles. The van der Waals surface area contributed by atoms with Crippen molar-refractivity contribution in [2.75, 3.05) is 0 Å². The summed E-state index contributed by atoms with van der Waals surface area (Å²) in [6.07, 6.45) is 0.904. The van der Waals surface area contributed by atoms with E-state index in [9.17, 15) is 4.79 Å². The molecule has 1 atom stereocenters. The van der Waals surface area contributed by atoms with Crippen LogP contribution in [0.25, 0.3) is 0 Å². The van der Waals surface area contributed by atoms with Gasteiger partial charge in [0.2, 0.25) is 5.91 Å². The summed E-state index contributed by atoms with van der Waals surface area (Å²) in [7, 11) is 0. The van der Waals surface area contributed by atoms with Gasteiger partial charge < -0.3 is 5.73 Å². The van der Waals surface area contributed by atoms with Gasteiger partial charge in [0, 0.05) is 0 Å². The van der Waals surface area contributed by atoms with Crippen molar-refractivity contribution in [1.29, 1.82) is 0 Å². The number of nitrogens with zero attached hydrogens (tertiary/aromatic N) is 1. The van der Waals surface area contributed by atoms with Gasteiger partial charge in [0.05, 0.1) is 22.0 Å². The van der Waals surface area contributed by atoms with Crippen LogP contribution in [0.3, 0.4) is 0 Å². The first-order chi connectivity index (χ1) is 8.47. The minimum atomic E-state index is -0.652. The number of nitrogens with two attached hydrogens (primary N) is 1. The van der Waals surface area contributed by atoms with Crippen molar-refractivity contribution in [3.05, 3.63) is 33.8 Å². The highest BCUT2D eigenvalue weighted by molar-refractivity contribution is 6.42. The van der Waals surface area contributed by atoms with E-state index < -0.39 is 5.54 Å². The molecule has 0 bridgehead atoms. The third-order valence-electron chi connectivity index (χ3n) is 3.10. The predicted octanol–water partition coefficient (Wildman–Crippen LogP) is 2.43. The number of nitrogens with one attached hydrogen (secondary N) is 1. The molecular formula is C12H13Cl2N3O. The van der Waals surface area contributed by atoms with Gasteiger partial charge in [-0.25, -0.2) is 4.99 Å². The third kappa shape index (κ3) is 2.31. The van der Waals surface area contributed by atoms with Gasteiger partial charge in [-0.3, -0.25) is 10.1 Å². The highest BCUT2D eigenvalue weighted by atomic mass is 35.5. The maximum Gasteiger partial charge on any atom is 0.229 e. The lowest BCUT2D eigenvalue weighted by Crippen LogP contribution is -2.47. The van der Waals surface area contributed by atoms with Gasteiger partial charge in [0.25, 0.3) is 0 Å². The van der Waals surface area contributed by atoms with E-state index >= 15 is 0 Å². The van der Waals surface area contributed by atoms with Gasteiger partial charge in [0.15, 0.2) is 5.96 Å². The third-order valence-corrected chi connectivity index (χ3v) is 3.84. The Labute approximate surface area is 115 Å². The van der Waals surface area contributed by atoms with Crippen LogP contribution in [-0.2, 0) is 10.3 Å². The number of hydrogen-bond acceptors (Lipinski definition) is 3. The average molecular weight is 286 g/mol. The second-order valence-corrected chi connectivity index (χ2v) is 5.05. The van der Waals surface area contributed by atoms with E-state index in [0.717, 1.165) is 5.56 Å². The summed E-state index contributed by atoms with van der Waals surface area (Å²) < 4.78 is 0. The van der Waals surface area contributed by atoms with Crippen LogP contribution in [0.1, 0.15) is 25.3 Å². The first-order valence-electron chi connectivity index (χ1n) is 5.57. The monoisotopic (exact) mass is 285 g/mol. The minimum Gasteiger partial charge on any atom is -0.370 e. The van der Waals surface area contributed by atoms with Crippen molar-refractivity contribution < 1.29 is 4.79 Å². The van der Waals surface area contributed by atoms with Crippen molar-refractivity contribution >= 4 is 35.1 Å². The Morgan fingerprint density at radius 1 is 1.44 bits per heavy atom.